The molecule has 6 heteroatoms. The third kappa shape index (κ3) is 3.23. The van der Waals surface area contributed by atoms with E-state index in [2.05, 4.69) is 0 Å². The summed E-state index contributed by atoms with van der Waals surface area (Å²) in [6.07, 6.45) is 1.30. The number of hydrogen-bond donors (Lipinski definition) is 2. The molecule has 0 radical (unpaired) electrons. The number of carboxylic acids is 1. The Bertz CT molecular complexity index is 1000. The van der Waals surface area contributed by atoms with Crippen molar-refractivity contribution in [1.29, 1.82) is 0 Å². The van der Waals surface area contributed by atoms with Crippen LogP contribution in [0, 0.1) is 12.7 Å². The van der Waals surface area contributed by atoms with Crippen molar-refractivity contribution in [3.8, 4) is 11.1 Å². The number of rotatable bonds is 5. The van der Waals surface area contributed by atoms with Crippen LogP contribution < -0.4 is 5.73 Å². The van der Waals surface area contributed by atoms with E-state index in [1.807, 2.05) is 6.92 Å². The van der Waals surface area contributed by atoms with Crippen LogP contribution in [0.25, 0.3) is 22.0 Å². The van der Waals surface area contributed by atoms with Crippen molar-refractivity contribution in [2.24, 2.45) is 5.73 Å². The molecule has 0 aliphatic heterocycles. The Balaban J connectivity index is 2.28. The summed E-state index contributed by atoms with van der Waals surface area (Å²) in [4.78, 5) is 11.4. The lowest BCUT2D eigenvalue weighted by Crippen LogP contribution is -2.03. The predicted molar refractivity (Wildman–Crippen MR) is 97.3 cm³/mol. The first-order chi connectivity index (χ1) is 12.4. The fraction of sp³-hybridized carbons (Fsp3) is 0.150. The minimum atomic E-state index is -1.04. The molecule has 0 aliphatic rings. The molecule has 3 N–H and O–H groups in total. The molecular weight excluding hydrogens is 338 g/mol. The van der Waals surface area contributed by atoms with Crippen molar-refractivity contribution >= 4 is 16.9 Å². The third-order valence-corrected chi connectivity index (χ3v) is 4.35. The third-order valence-electron chi connectivity index (χ3n) is 4.35. The van der Waals surface area contributed by atoms with E-state index in [4.69, 9.17) is 5.73 Å². The molecule has 26 heavy (non-hydrogen) atoms. The number of benzene rings is 2. The molecular formula is C20H18F2N2O2. The SMILES string of the molecule is Cc1c(-c2ccc(F)cc2)c2cc(C(=O)O)ccc2n1CC(F)=CCN. The second kappa shape index (κ2) is 7.09. The Morgan fingerprint density at radius 2 is 1.92 bits per heavy atom. The minimum Gasteiger partial charge on any atom is -0.478 e. The number of nitrogens with zero attached hydrogens (tertiary/aromatic N) is 1. The smallest absolute Gasteiger partial charge is 0.335 e. The van der Waals surface area contributed by atoms with Gasteiger partial charge in [-0.05, 0) is 48.9 Å². The zero-order chi connectivity index (χ0) is 18.8. The monoisotopic (exact) mass is 356 g/mol. The number of carbonyl (C=O) groups is 1. The normalized spacial score (nSPS) is 11.9. The van der Waals surface area contributed by atoms with Gasteiger partial charge < -0.3 is 15.4 Å². The maximum atomic E-state index is 14.1. The first kappa shape index (κ1) is 17.8. The highest BCUT2D eigenvalue weighted by atomic mass is 19.1. The van der Waals surface area contributed by atoms with Crippen LogP contribution in [0.4, 0.5) is 8.78 Å². The van der Waals surface area contributed by atoms with Gasteiger partial charge in [0.25, 0.3) is 0 Å². The molecule has 134 valence electrons. The molecule has 0 saturated heterocycles. The Morgan fingerprint density at radius 1 is 1.23 bits per heavy atom. The molecule has 0 bridgehead atoms. The molecule has 4 nitrogen and oxygen atoms in total. The van der Waals surface area contributed by atoms with E-state index < -0.39 is 5.97 Å². The summed E-state index contributed by atoms with van der Waals surface area (Å²) in [5, 5.41) is 9.97. The quantitative estimate of drug-likeness (QED) is 0.717. The van der Waals surface area contributed by atoms with E-state index in [9.17, 15) is 18.7 Å². The maximum Gasteiger partial charge on any atom is 0.335 e. The Morgan fingerprint density at radius 3 is 2.54 bits per heavy atom. The summed E-state index contributed by atoms with van der Waals surface area (Å²) >= 11 is 0. The lowest BCUT2D eigenvalue weighted by molar-refractivity contribution is 0.0697. The Labute approximate surface area is 149 Å². The molecule has 0 spiro atoms. The van der Waals surface area contributed by atoms with Crippen LogP contribution in [0.5, 0.6) is 0 Å². The number of aromatic nitrogens is 1. The zero-order valence-electron chi connectivity index (χ0n) is 14.2. The number of carboxylic acid groups (broad SMARTS) is 1. The fourth-order valence-electron chi connectivity index (χ4n) is 3.14. The molecule has 2 aromatic carbocycles. The Kier molecular flexibility index (Phi) is 4.86. The summed E-state index contributed by atoms with van der Waals surface area (Å²) in [6, 6.07) is 10.6. The number of hydrogen-bond acceptors (Lipinski definition) is 2. The van der Waals surface area contributed by atoms with Crippen LogP contribution >= 0.6 is 0 Å². The van der Waals surface area contributed by atoms with E-state index in [1.165, 1.54) is 24.3 Å². The topological polar surface area (TPSA) is 68.2 Å². The molecule has 0 saturated carbocycles. The highest BCUT2D eigenvalue weighted by molar-refractivity contribution is 6.02. The van der Waals surface area contributed by atoms with Crippen LogP contribution in [0.15, 0.2) is 54.4 Å². The van der Waals surface area contributed by atoms with Gasteiger partial charge in [0, 0.05) is 28.7 Å². The lowest BCUT2D eigenvalue weighted by atomic mass is 10.0. The van der Waals surface area contributed by atoms with Crippen molar-refractivity contribution in [3.63, 3.8) is 0 Å². The number of halogens is 2. The van der Waals surface area contributed by atoms with Crippen molar-refractivity contribution in [1.82, 2.24) is 4.57 Å². The van der Waals surface area contributed by atoms with Gasteiger partial charge in [-0.25, -0.2) is 13.6 Å². The summed E-state index contributed by atoms with van der Waals surface area (Å²) in [7, 11) is 0. The molecule has 0 unspecified atom stereocenters. The van der Waals surface area contributed by atoms with Gasteiger partial charge in [-0.3, -0.25) is 0 Å². The highest BCUT2D eigenvalue weighted by Gasteiger charge is 2.18. The van der Waals surface area contributed by atoms with Crippen molar-refractivity contribution < 1.29 is 18.7 Å². The first-order valence-corrected chi connectivity index (χ1v) is 8.09. The van der Waals surface area contributed by atoms with E-state index in [0.717, 1.165) is 16.8 Å². The van der Waals surface area contributed by atoms with Crippen LogP contribution in [-0.4, -0.2) is 22.2 Å². The van der Waals surface area contributed by atoms with Gasteiger partial charge in [0.15, 0.2) is 0 Å². The van der Waals surface area contributed by atoms with Gasteiger partial charge in [0.1, 0.15) is 11.6 Å². The highest BCUT2D eigenvalue weighted by Crippen LogP contribution is 2.36. The van der Waals surface area contributed by atoms with Crippen LogP contribution in [0.1, 0.15) is 16.1 Å². The van der Waals surface area contributed by atoms with Gasteiger partial charge in [0.2, 0.25) is 0 Å². The maximum absolute atomic E-state index is 14.1. The van der Waals surface area contributed by atoms with Crippen molar-refractivity contribution in [3.05, 3.63) is 71.4 Å². The number of allylic oxidation sites excluding steroid dienone is 1. The van der Waals surface area contributed by atoms with E-state index in [-0.39, 0.29) is 30.3 Å². The summed E-state index contributed by atoms with van der Waals surface area (Å²) < 4.78 is 29.1. The van der Waals surface area contributed by atoms with Crippen LogP contribution in [0.2, 0.25) is 0 Å². The van der Waals surface area contributed by atoms with Gasteiger partial charge in [-0.15, -0.1) is 0 Å². The largest absolute Gasteiger partial charge is 0.478 e. The van der Waals surface area contributed by atoms with E-state index >= 15 is 0 Å². The van der Waals surface area contributed by atoms with Gasteiger partial charge in [-0.1, -0.05) is 12.1 Å². The van der Waals surface area contributed by atoms with Crippen LogP contribution in [-0.2, 0) is 6.54 Å². The average molecular weight is 356 g/mol. The minimum absolute atomic E-state index is 0.00680. The van der Waals surface area contributed by atoms with Gasteiger partial charge >= 0.3 is 5.97 Å². The average Bonchev–Trinajstić information content (AvgIpc) is 2.87. The summed E-state index contributed by atoms with van der Waals surface area (Å²) in [5.74, 6) is -1.78. The molecule has 1 heterocycles. The molecule has 0 amide bonds. The van der Waals surface area contributed by atoms with E-state index in [0.29, 0.717) is 10.9 Å². The standard InChI is InChI=1S/C20H18F2N2O2/c1-12-19(13-2-5-15(21)6-3-13)17-10-14(20(25)26)4-7-18(17)24(12)11-16(22)8-9-23/h2-8,10H,9,11,23H2,1H3,(H,25,26). The lowest BCUT2D eigenvalue weighted by Gasteiger charge is -2.08. The number of aromatic carboxylic acids is 1. The first-order valence-electron chi connectivity index (χ1n) is 8.09. The fourth-order valence-corrected chi connectivity index (χ4v) is 3.14. The predicted octanol–water partition coefficient (Wildman–Crippen LogP) is 4.27. The van der Waals surface area contributed by atoms with E-state index in [1.54, 1.807) is 28.8 Å². The Hall–Kier alpha value is -2.99. The second-order valence-electron chi connectivity index (χ2n) is 5.98. The molecule has 0 atom stereocenters. The molecule has 0 aliphatic carbocycles. The number of fused-ring (bicyclic) bond motifs is 1. The molecule has 0 fully saturated rings. The van der Waals surface area contributed by atoms with Crippen molar-refractivity contribution in [2.75, 3.05) is 6.54 Å². The zero-order valence-corrected chi connectivity index (χ0v) is 14.2. The molecule has 1 aromatic heterocycles. The second-order valence-corrected chi connectivity index (χ2v) is 5.98. The summed E-state index contributed by atoms with van der Waals surface area (Å²) in [5.41, 5.74) is 8.45. The number of nitrogens with two attached hydrogens (primary N) is 1. The van der Waals surface area contributed by atoms with Crippen molar-refractivity contribution in [2.45, 2.75) is 13.5 Å². The van der Waals surface area contributed by atoms with Crippen LogP contribution in [0.3, 0.4) is 0 Å². The summed E-state index contributed by atoms with van der Waals surface area (Å²) in [6.45, 7) is 1.92. The molecule has 3 rings (SSSR count). The molecule has 3 aromatic rings. The van der Waals surface area contributed by atoms with Gasteiger partial charge in [0.05, 0.1) is 12.1 Å². The van der Waals surface area contributed by atoms with Gasteiger partial charge in [-0.2, -0.15) is 0 Å².